The number of hydrogen-bond donors (Lipinski definition) is 1. The Morgan fingerprint density at radius 3 is 2.55 bits per heavy atom. The molecule has 2 heterocycles. The van der Waals surface area contributed by atoms with Crippen molar-refractivity contribution >= 4 is 11.9 Å². The van der Waals surface area contributed by atoms with E-state index in [0.29, 0.717) is 11.8 Å². The summed E-state index contributed by atoms with van der Waals surface area (Å²) in [6, 6.07) is 0. The van der Waals surface area contributed by atoms with E-state index >= 15 is 0 Å². The molecule has 1 N–H and O–H groups in total. The second-order valence-corrected chi connectivity index (χ2v) is 6.34. The highest BCUT2D eigenvalue weighted by molar-refractivity contribution is 5.77. The fourth-order valence-electron chi connectivity index (χ4n) is 3.05. The number of anilines is 1. The minimum absolute atomic E-state index is 0.172. The highest BCUT2D eigenvalue weighted by atomic mass is 16.5. The van der Waals surface area contributed by atoms with E-state index in [9.17, 15) is 9.90 Å². The summed E-state index contributed by atoms with van der Waals surface area (Å²) in [5.41, 5.74) is -0.308. The predicted octanol–water partition coefficient (Wildman–Crippen LogP) is 0.646. The Morgan fingerprint density at radius 1 is 1.35 bits per heavy atom. The van der Waals surface area contributed by atoms with Gasteiger partial charge in [0.15, 0.2) is 0 Å². The van der Waals surface area contributed by atoms with Gasteiger partial charge in [-0.3, -0.25) is 4.79 Å². The molecule has 0 radical (unpaired) electrons. The minimum atomic E-state index is -0.792. The Morgan fingerprint density at radius 2 is 2.00 bits per heavy atom. The van der Waals surface area contributed by atoms with Gasteiger partial charge < -0.3 is 19.4 Å². The van der Waals surface area contributed by atoms with Crippen LogP contribution < -0.4 is 4.90 Å². The highest BCUT2D eigenvalue weighted by Gasteiger charge is 2.65. The van der Waals surface area contributed by atoms with Gasteiger partial charge in [-0.2, -0.15) is 4.98 Å². The molecule has 1 saturated heterocycles. The molecule has 0 spiro atoms. The van der Waals surface area contributed by atoms with Crippen molar-refractivity contribution in [2.45, 2.75) is 19.8 Å². The number of aromatic nitrogens is 2. The number of piperazine rings is 1. The smallest absolute Gasteiger partial charge is 0.307 e. The first kappa shape index (κ1) is 13.4. The van der Waals surface area contributed by atoms with Crippen molar-refractivity contribution in [1.82, 2.24) is 15.0 Å². The Labute approximate surface area is 117 Å². The van der Waals surface area contributed by atoms with Crippen LogP contribution in [0.2, 0.25) is 0 Å². The third-order valence-electron chi connectivity index (χ3n) is 4.58. The zero-order valence-corrected chi connectivity index (χ0v) is 12.0. The molecule has 3 rings (SSSR count). The molecular weight excluding hydrogens is 260 g/mol. The Balaban J connectivity index is 1.73. The van der Waals surface area contributed by atoms with Gasteiger partial charge in [-0.25, -0.2) is 0 Å². The lowest BCUT2D eigenvalue weighted by molar-refractivity contribution is -0.139. The molecule has 1 aliphatic carbocycles. The molecule has 2 fully saturated rings. The fourth-order valence-corrected chi connectivity index (χ4v) is 3.05. The van der Waals surface area contributed by atoms with Gasteiger partial charge in [0, 0.05) is 26.2 Å². The van der Waals surface area contributed by atoms with Gasteiger partial charge in [0.1, 0.15) is 0 Å². The number of carboxylic acids is 1. The highest BCUT2D eigenvalue weighted by Crippen LogP contribution is 2.64. The van der Waals surface area contributed by atoms with Gasteiger partial charge in [0.25, 0.3) is 5.95 Å². The standard InChI is InChI=1S/C13H20N4O3/c1-13(2)8(9(13)11(18)19)10-14-12(15-20-10)17-6-4-16(3)5-7-17/h8-9H,4-7H2,1-3H3,(H,18,19). The summed E-state index contributed by atoms with van der Waals surface area (Å²) in [6.45, 7) is 7.53. The SMILES string of the molecule is CN1CCN(c2noc(C3C(C(=O)O)C3(C)C)n2)CC1. The van der Waals surface area contributed by atoms with Crippen molar-refractivity contribution in [2.75, 3.05) is 38.1 Å². The van der Waals surface area contributed by atoms with Crippen molar-refractivity contribution in [2.24, 2.45) is 11.3 Å². The van der Waals surface area contributed by atoms with Crippen LogP contribution in [0.3, 0.4) is 0 Å². The molecule has 0 amide bonds. The molecule has 20 heavy (non-hydrogen) atoms. The second-order valence-electron chi connectivity index (χ2n) is 6.34. The number of likely N-dealkylation sites (N-methyl/N-ethyl adjacent to an activating group) is 1. The molecular formula is C13H20N4O3. The average Bonchev–Trinajstić information content (AvgIpc) is 2.74. The van der Waals surface area contributed by atoms with Gasteiger partial charge in [0.2, 0.25) is 5.89 Å². The third kappa shape index (κ3) is 2.06. The van der Waals surface area contributed by atoms with E-state index in [1.165, 1.54) is 0 Å². The van der Waals surface area contributed by atoms with Crippen LogP contribution in [0.25, 0.3) is 0 Å². The molecule has 110 valence electrons. The van der Waals surface area contributed by atoms with Crippen LogP contribution in [-0.4, -0.2) is 59.3 Å². The molecule has 2 aliphatic rings. The number of nitrogens with zero attached hydrogens (tertiary/aromatic N) is 4. The average molecular weight is 280 g/mol. The van der Waals surface area contributed by atoms with Crippen molar-refractivity contribution in [3.8, 4) is 0 Å². The molecule has 1 aromatic rings. The topological polar surface area (TPSA) is 82.7 Å². The van der Waals surface area contributed by atoms with Crippen molar-refractivity contribution in [1.29, 1.82) is 0 Å². The first-order chi connectivity index (χ1) is 9.41. The molecule has 7 heteroatoms. The maximum Gasteiger partial charge on any atom is 0.307 e. The van der Waals surface area contributed by atoms with Gasteiger partial charge in [-0.1, -0.05) is 13.8 Å². The maximum absolute atomic E-state index is 11.2. The summed E-state index contributed by atoms with van der Waals surface area (Å²) in [5.74, 6) is -0.354. The summed E-state index contributed by atoms with van der Waals surface area (Å²) in [6.07, 6.45) is 0. The van der Waals surface area contributed by atoms with Crippen LogP contribution in [0.15, 0.2) is 4.52 Å². The van der Waals surface area contributed by atoms with Gasteiger partial charge >= 0.3 is 5.97 Å². The first-order valence-corrected chi connectivity index (χ1v) is 6.91. The number of carboxylic acid groups (broad SMARTS) is 1. The number of aliphatic carboxylic acids is 1. The van der Waals surface area contributed by atoms with E-state index in [1.807, 2.05) is 13.8 Å². The van der Waals surface area contributed by atoms with Crippen LogP contribution in [0.4, 0.5) is 5.95 Å². The monoisotopic (exact) mass is 280 g/mol. The molecule has 2 unspecified atom stereocenters. The van der Waals surface area contributed by atoms with Crippen molar-refractivity contribution in [3.05, 3.63) is 5.89 Å². The van der Waals surface area contributed by atoms with Crippen molar-refractivity contribution < 1.29 is 14.4 Å². The minimum Gasteiger partial charge on any atom is -0.481 e. The van der Waals surface area contributed by atoms with E-state index < -0.39 is 11.9 Å². The normalized spacial score (nSPS) is 29.4. The fraction of sp³-hybridized carbons (Fsp3) is 0.769. The lowest BCUT2D eigenvalue weighted by Crippen LogP contribution is -2.44. The van der Waals surface area contributed by atoms with Crippen molar-refractivity contribution in [3.63, 3.8) is 0 Å². The predicted molar refractivity (Wildman–Crippen MR) is 71.7 cm³/mol. The van der Waals surface area contributed by atoms with Crippen LogP contribution in [-0.2, 0) is 4.79 Å². The van der Waals surface area contributed by atoms with Crippen LogP contribution in [0, 0.1) is 11.3 Å². The van der Waals surface area contributed by atoms with E-state index in [0.717, 1.165) is 26.2 Å². The number of rotatable bonds is 3. The Kier molecular flexibility index (Phi) is 2.97. The number of hydrogen-bond acceptors (Lipinski definition) is 6. The molecule has 7 nitrogen and oxygen atoms in total. The Hall–Kier alpha value is -1.63. The summed E-state index contributed by atoms with van der Waals surface area (Å²) >= 11 is 0. The Bertz CT molecular complexity index is 519. The zero-order valence-electron chi connectivity index (χ0n) is 12.0. The summed E-state index contributed by atoms with van der Waals surface area (Å²) in [7, 11) is 2.09. The van der Waals surface area contributed by atoms with Gasteiger partial charge in [-0.05, 0) is 17.6 Å². The third-order valence-corrected chi connectivity index (χ3v) is 4.58. The summed E-state index contributed by atoms with van der Waals surface area (Å²) in [5, 5.41) is 13.2. The molecule has 1 aromatic heterocycles. The lowest BCUT2D eigenvalue weighted by atomic mass is 10.1. The largest absolute Gasteiger partial charge is 0.481 e. The van der Waals surface area contributed by atoms with E-state index in [2.05, 4.69) is 27.0 Å². The molecule has 1 saturated carbocycles. The molecule has 0 bridgehead atoms. The van der Waals surface area contributed by atoms with Crippen LogP contribution >= 0.6 is 0 Å². The molecule has 1 aliphatic heterocycles. The summed E-state index contributed by atoms with van der Waals surface area (Å²) in [4.78, 5) is 19.9. The van der Waals surface area contributed by atoms with E-state index in [4.69, 9.17) is 4.52 Å². The van der Waals surface area contributed by atoms with Gasteiger partial charge in [0.05, 0.1) is 11.8 Å². The maximum atomic E-state index is 11.2. The first-order valence-electron chi connectivity index (χ1n) is 6.91. The number of carbonyl (C=O) groups is 1. The molecule has 0 aromatic carbocycles. The van der Waals surface area contributed by atoms with Gasteiger partial charge in [-0.15, -0.1) is 0 Å². The quantitative estimate of drug-likeness (QED) is 0.870. The van der Waals surface area contributed by atoms with Crippen LogP contribution in [0.5, 0.6) is 0 Å². The summed E-state index contributed by atoms with van der Waals surface area (Å²) < 4.78 is 5.30. The zero-order chi connectivity index (χ0) is 14.5. The molecule has 2 atom stereocenters. The van der Waals surface area contributed by atoms with E-state index in [-0.39, 0.29) is 11.3 Å². The van der Waals surface area contributed by atoms with Crippen LogP contribution in [0.1, 0.15) is 25.7 Å². The van der Waals surface area contributed by atoms with E-state index in [1.54, 1.807) is 0 Å². The second kappa shape index (κ2) is 4.44. The lowest BCUT2D eigenvalue weighted by Gasteiger charge is -2.31.